The molecule has 1 amide bonds. The molecule has 3 nitrogen and oxygen atoms in total. The van der Waals surface area contributed by atoms with Gasteiger partial charge in [0.1, 0.15) is 0 Å². The summed E-state index contributed by atoms with van der Waals surface area (Å²) < 4.78 is 0. The molecule has 0 radical (unpaired) electrons. The van der Waals surface area contributed by atoms with E-state index in [0.717, 1.165) is 0 Å². The van der Waals surface area contributed by atoms with Crippen LogP contribution in [0.4, 0.5) is 0 Å². The topological polar surface area (TPSA) is 40.5 Å². The molecule has 0 saturated carbocycles. The fourth-order valence-corrected chi connectivity index (χ4v) is 1.05. The second kappa shape index (κ2) is 3.90. The third-order valence-corrected chi connectivity index (χ3v) is 1.53. The Bertz CT molecular complexity index is 158. The van der Waals surface area contributed by atoms with Crippen LogP contribution in [0.1, 0.15) is 27.7 Å². The molecule has 12 heavy (non-hydrogen) atoms. The van der Waals surface area contributed by atoms with E-state index in [9.17, 15) is 4.79 Å². The van der Waals surface area contributed by atoms with Crippen LogP contribution in [-0.4, -0.2) is 35.6 Å². The zero-order valence-corrected chi connectivity index (χ0v) is 8.59. The molecule has 0 rings (SSSR count). The molecule has 0 heterocycles. The molecule has 0 aliphatic heterocycles. The molecule has 0 aromatic carbocycles. The number of hydrogen-bond acceptors (Lipinski definition) is 2. The number of rotatable bonds is 2. The van der Waals surface area contributed by atoms with Crippen LogP contribution in [0.25, 0.3) is 0 Å². The molecule has 0 unspecified atom stereocenters. The molecule has 72 valence electrons. The van der Waals surface area contributed by atoms with Gasteiger partial charge in [0, 0.05) is 19.0 Å². The first kappa shape index (κ1) is 11.4. The van der Waals surface area contributed by atoms with E-state index >= 15 is 0 Å². The van der Waals surface area contributed by atoms with Gasteiger partial charge in [-0.15, -0.1) is 0 Å². The molecular formula is C9H19NO2. The molecular weight excluding hydrogens is 154 g/mol. The van der Waals surface area contributed by atoms with Crippen LogP contribution in [0.2, 0.25) is 0 Å². The van der Waals surface area contributed by atoms with E-state index in [1.54, 1.807) is 18.9 Å². The van der Waals surface area contributed by atoms with E-state index in [-0.39, 0.29) is 11.3 Å². The Labute approximate surface area is 74.4 Å². The molecule has 0 spiro atoms. The standard InChI is InChI=1S/C9H19NO2/c1-7(11)6-10(5)8(12)9(2,3)4/h7,11H,6H2,1-5H3/t7-/m1/s1. The second-order valence-electron chi connectivity index (χ2n) is 4.28. The number of aliphatic hydroxyl groups excluding tert-OH is 1. The van der Waals surface area contributed by atoms with Crippen LogP contribution in [0.3, 0.4) is 0 Å². The van der Waals surface area contributed by atoms with Gasteiger partial charge >= 0.3 is 0 Å². The second-order valence-corrected chi connectivity index (χ2v) is 4.28. The van der Waals surface area contributed by atoms with E-state index in [2.05, 4.69) is 0 Å². The minimum atomic E-state index is -0.457. The van der Waals surface area contributed by atoms with Crippen LogP contribution >= 0.6 is 0 Å². The third-order valence-electron chi connectivity index (χ3n) is 1.53. The number of amides is 1. The monoisotopic (exact) mass is 173 g/mol. The summed E-state index contributed by atoms with van der Waals surface area (Å²) in [5.74, 6) is 0.0587. The van der Waals surface area contributed by atoms with E-state index < -0.39 is 6.10 Å². The SMILES string of the molecule is C[C@@H](O)CN(C)C(=O)C(C)(C)C. The van der Waals surface area contributed by atoms with Gasteiger partial charge in [-0.2, -0.15) is 0 Å². The molecule has 0 bridgehead atoms. The number of carbonyl (C=O) groups is 1. The number of nitrogens with zero attached hydrogens (tertiary/aromatic N) is 1. The Kier molecular flexibility index (Phi) is 3.71. The van der Waals surface area contributed by atoms with Crippen molar-refractivity contribution in [2.24, 2.45) is 5.41 Å². The average Bonchev–Trinajstić information content (AvgIpc) is 1.82. The summed E-state index contributed by atoms with van der Waals surface area (Å²) in [6.07, 6.45) is -0.457. The minimum absolute atomic E-state index is 0.0587. The summed E-state index contributed by atoms with van der Waals surface area (Å²) in [5.41, 5.74) is -0.357. The van der Waals surface area contributed by atoms with Gasteiger partial charge in [0.05, 0.1) is 6.10 Å². The molecule has 0 aromatic rings. The van der Waals surface area contributed by atoms with Gasteiger partial charge in [-0.05, 0) is 6.92 Å². The number of aliphatic hydroxyl groups is 1. The number of hydrogen-bond donors (Lipinski definition) is 1. The van der Waals surface area contributed by atoms with Crippen molar-refractivity contribution in [2.45, 2.75) is 33.8 Å². The maximum absolute atomic E-state index is 11.5. The average molecular weight is 173 g/mol. The Morgan fingerprint density at radius 1 is 1.50 bits per heavy atom. The normalized spacial score (nSPS) is 14.2. The zero-order valence-electron chi connectivity index (χ0n) is 8.59. The number of likely N-dealkylation sites (N-methyl/N-ethyl adjacent to an activating group) is 1. The lowest BCUT2D eigenvalue weighted by Crippen LogP contribution is -2.40. The van der Waals surface area contributed by atoms with Crippen molar-refractivity contribution < 1.29 is 9.90 Å². The predicted molar refractivity (Wildman–Crippen MR) is 48.8 cm³/mol. The smallest absolute Gasteiger partial charge is 0.227 e. The van der Waals surface area contributed by atoms with Crippen molar-refractivity contribution in [3.05, 3.63) is 0 Å². The maximum atomic E-state index is 11.5. The molecule has 1 atom stereocenters. The van der Waals surface area contributed by atoms with Crippen molar-refractivity contribution in [3.63, 3.8) is 0 Å². The van der Waals surface area contributed by atoms with Crippen molar-refractivity contribution in [2.75, 3.05) is 13.6 Å². The first-order chi connectivity index (χ1) is 5.25. The van der Waals surface area contributed by atoms with Crippen LogP contribution in [0.15, 0.2) is 0 Å². The first-order valence-corrected chi connectivity index (χ1v) is 4.18. The van der Waals surface area contributed by atoms with Crippen molar-refractivity contribution in [1.82, 2.24) is 4.90 Å². The Hall–Kier alpha value is -0.570. The Morgan fingerprint density at radius 2 is 1.92 bits per heavy atom. The van der Waals surface area contributed by atoms with Crippen LogP contribution < -0.4 is 0 Å². The highest BCUT2D eigenvalue weighted by molar-refractivity contribution is 5.81. The highest BCUT2D eigenvalue weighted by Crippen LogP contribution is 2.16. The largest absolute Gasteiger partial charge is 0.392 e. The maximum Gasteiger partial charge on any atom is 0.227 e. The fourth-order valence-electron chi connectivity index (χ4n) is 1.05. The Morgan fingerprint density at radius 3 is 2.17 bits per heavy atom. The highest BCUT2D eigenvalue weighted by Gasteiger charge is 2.25. The van der Waals surface area contributed by atoms with Gasteiger partial charge < -0.3 is 10.0 Å². The fraction of sp³-hybridized carbons (Fsp3) is 0.889. The number of carbonyl (C=O) groups excluding carboxylic acids is 1. The summed E-state index contributed by atoms with van der Waals surface area (Å²) >= 11 is 0. The lowest BCUT2D eigenvalue weighted by Gasteiger charge is -2.26. The molecule has 3 heteroatoms. The van der Waals surface area contributed by atoms with Crippen molar-refractivity contribution in [3.8, 4) is 0 Å². The molecule has 1 N–H and O–H groups in total. The minimum Gasteiger partial charge on any atom is -0.392 e. The van der Waals surface area contributed by atoms with E-state index in [4.69, 9.17) is 5.11 Å². The predicted octanol–water partition coefficient (Wildman–Crippen LogP) is 0.872. The van der Waals surface area contributed by atoms with Gasteiger partial charge in [-0.3, -0.25) is 4.79 Å². The van der Waals surface area contributed by atoms with Gasteiger partial charge in [0.2, 0.25) is 5.91 Å². The van der Waals surface area contributed by atoms with E-state index in [1.807, 2.05) is 20.8 Å². The van der Waals surface area contributed by atoms with E-state index in [0.29, 0.717) is 6.54 Å². The zero-order chi connectivity index (χ0) is 9.94. The molecule has 0 aromatic heterocycles. The van der Waals surface area contributed by atoms with Crippen LogP contribution in [0.5, 0.6) is 0 Å². The van der Waals surface area contributed by atoms with Crippen LogP contribution in [-0.2, 0) is 4.79 Å². The summed E-state index contributed by atoms with van der Waals surface area (Å²) in [4.78, 5) is 13.1. The Balaban J connectivity index is 4.12. The summed E-state index contributed by atoms with van der Waals surface area (Å²) in [7, 11) is 1.71. The third kappa shape index (κ3) is 3.72. The molecule has 0 fully saturated rings. The van der Waals surface area contributed by atoms with Gasteiger partial charge in [-0.25, -0.2) is 0 Å². The molecule has 0 aliphatic carbocycles. The van der Waals surface area contributed by atoms with Crippen molar-refractivity contribution in [1.29, 1.82) is 0 Å². The molecule has 0 aliphatic rings. The van der Waals surface area contributed by atoms with Crippen molar-refractivity contribution >= 4 is 5.91 Å². The highest BCUT2D eigenvalue weighted by atomic mass is 16.3. The first-order valence-electron chi connectivity index (χ1n) is 4.18. The summed E-state index contributed by atoms with van der Waals surface area (Å²) in [6.45, 7) is 7.68. The van der Waals surface area contributed by atoms with E-state index in [1.165, 1.54) is 0 Å². The van der Waals surface area contributed by atoms with Gasteiger partial charge in [0.15, 0.2) is 0 Å². The molecule has 0 saturated heterocycles. The van der Waals surface area contributed by atoms with Gasteiger partial charge in [-0.1, -0.05) is 20.8 Å². The summed E-state index contributed by atoms with van der Waals surface area (Å²) in [6, 6.07) is 0. The summed E-state index contributed by atoms with van der Waals surface area (Å²) in [5, 5.41) is 9.04. The lowest BCUT2D eigenvalue weighted by atomic mass is 9.95. The van der Waals surface area contributed by atoms with Gasteiger partial charge in [0.25, 0.3) is 0 Å². The lowest BCUT2D eigenvalue weighted by molar-refractivity contribution is -0.139. The van der Waals surface area contributed by atoms with Crippen LogP contribution in [0, 0.1) is 5.41 Å². The quantitative estimate of drug-likeness (QED) is 0.673.